The highest BCUT2D eigenvalue weighted by Gasteiger charge is 2.59. The molecule has 5 nitrogen and oxygen atoms in total. The highest BCUT2D eigenvalue weighted by atomic mass is 35.5. The van der Waals surface area contributed by atoms with Gasteiger partial charge >= 0.3 is 5.97 Å². The molecule has 0 unspecified atom stereocenters. The average molecular weight is 408 g/mol. The Kier molecular flexibility index (Phi) is 4.28. The summed E-state index contributed by atoms with van der Waals surface area (Å²) in [5.74, 6) is -0.866. The summed E-state index contributed by atoms with van der Waals surface area (Å²) in [6, 6.07) is 13.5. The Balaban J connectivity index is 1.29. The number of nitrogens with zero attached hydrogens (tertiary/aromatic N) is 1. The summed E-state index contributed by atoms with van der Waals surface area (Å²) in [6.07, 6.45) is 5.04. The number of anilines is 1. The monoisotopic (exact) mass is 407 g/mol. The number of amides is 2. The maximum Gasteiger partial charge on any atom is 0.338 e. The number of carbonyl (C=O) groups is 3. The Labute approximate surface area is 172 Å². The molecule has 2 aromatic carbocycles. The minimum atomic E-state index is -0.477. The largest absolute Gasteiger partial charge is 0.457 e. The molecule has 1 heterocycles. The Hall–Kier alpha value is -2.92. The van der Waals surface area contributed by atoms with Crippen LogP contribution < -0.4 is 4.90 Å². The smallest absolute Gasteiger partial charge is 0.338 e. The van der Waals surface area contributed by atoms with Crippen molar-refractivity contribution >= 4 is 35.1 Å². The van der Waals surface area contributed by atoms with Crippen LogP contribution in [0.1, 0.15) is 22.3 Å². The Bertz CT molecular complexity index is 1020. The van der Waals surface area contributed by atoms with E-state index in [4.69, 9.17) is 16.3 Å². The number of rotatable bonds is 4. The Morgan fingerprint density at radius 3 is 2.28 bits per heavy atom. The van der Waals surface area contributed by atoms with E-state index >= 15 is 0 Å². The van der Waals surface area contributed by atoms with Gasteiger partial charge in [0.2, 0.25) is 11.8 Å². The van der Waals surface area contributed by atoms with Crippen LogP contribution in [-0.2, 0) is 20.9 Å². The lowest BCUT2D eigenvalue weighted by atomic mass is 9.85. The topological polar surface area (TPSA) is 63.7 Å². The number of halogens is 1. The molecule has 3 aliphatic rings. The summed E-state index contributed by atoms with van der Waals surface area (Å²) in [7, 11) is 0. The molecule has 1 aliphatic heterocycles. The van der Waals surface area contributed by atoms with Gasteiger partial charge in [0, 0.05) is 5.02 Å². The maximum atomic E-state index is 12.9. The second-order valence-corrected chi connectivity index (χ2v) is 8.20. The zero-order valence-electron chi connectivity index (χ0n) is 15.5. The van der Waals surface area contributed by atoms with Crippen LogP contribution in [0.5, 0.6) is 0 Å². The third-order valence-corrected chi connectivity index (χ3v) is 6.33. The standard InChI is InChI=1S/C23H18ClNO4/c24-17-3-1-2-13(10-17)12-29-23(28)14-6-8-18(9-7-14)25-21(26)19-15-4-5-16(11-15)20(19)22(25)27/h1-10,15-16,19-20H,11-12H2/t15-,16-,19-,20-/m0/s1. The fraction of sp³-hybridized carbons (Fsp3) is 0.261. The van der Waals surface area contributed by atoms with Gasteiger partial charge < -0.3 is 4.74 Å². The molecule has 2 fully saturated rings. The van der Waals surface area contributed by atoms with Crippen LogP contribution in [0.15, 0.2) is 60.7 Å². The number of carbonyl (C=O) groups excluding carboxylic acids is 3. The van der Waals surface area contributed by atoms with E-state index in [2.05, 4.69) is 12.2 Å². The number of hydrogen-bond acceptors (Lipinski definition) is 4. The summed E-state index contributed by atoms with van der Waals surface area (Å²) in [4.78, 5) is 39.3. The van der Waals surface area contributed by atoms with E-state index in [9.17, 15) is 14.4 Å². The minimum absolute atomic E-state index is 0.114. The van der Waals surface area contributed by atoms with Gasteiger partial charge in [0.25, 0.3) is 0 Å². The van der Waals surface area contributed by atoms with Gasteiger partial charge in [0.1, 0.15) is 6.61 Å². The van der Waals surface area contributed by atoms with Gasteiger partial charge in [-0.25, -0.2) is 4.79 Å². The summed E-state index contributed by atoms with van der Waals surface area (Å²) < 4.78 is 5.32. The molecule has 2 aliphatic carbocycles. The van der Waals surface area contributed by atoms with Crippen molar-refractivity contribution in [1.82, 2.24) is 0 Å². The fourth-order valence-electron chi connectivity index (χ4n) is 4.76. The van der Waals surface area contributed by atoms with Crippen molar-refractivity contribution in [3.63, 3.8) is 0 Å². The second-order valence-electron chi connectivity index (χ2n) is 7.76. The van der Waals surface area contributed by atoms with Crippen LogP contribution in [0, 0.1) is 23.7 Å². The van der Waals surface area contributed by atoms with Gasteiger partial charge in [0.05, 0.1) is 23.1 Å². The SMILES string of the molecule is O=C(OCc1cccc(Cl)c1)c1ccc(N2C(=O)[C@@H]3[C@@H](C2=O)[C@H]2C=C[C@H]3C2)cc1. The van der Waals surface area contributed by atoms with Crippen molar-refractivity contribution < 1.29 is 19.1 Å². The summed E-state index contributed by atoms with van der Waals surface area (Å²) in [5, 5.41) is 0.580. The lowest BCUT2D eigenvalue weighted by molar-refractivity contribution is -0.123. The van der Waals surface area contributed by atoms with Crippen LogP contribution >= 0.6 is 11.6 Å². The van der Waals surface area contributed by atoms with Crippen molar-refractivity contribution in [1.29, 1.82) is 0 Å². The van der Waals surface area contributed by atoms with E-state index in [-0.39, 0.29) is 42.1 Å². The van der Waals surface area contributed by atoms with Gasteiger partial charge in [-0.05, 0) is 60.2 Å². The molecule has 0 aromatic heterocycles. The lowest BCUT2D eigenvalue weighted by Gasteiger charge is -2.17. The lowest BCUT2D eigenvalue weighted by Crippen LogP contribution is -2.32. The molecular weight excluding hydrogens is 390 g/mol. The molecule has 5 rings (SSSR count). The normalized spacial score (nSPS) is 26.9. The molecule has 4 atom stereocenters. The summed E-state index contributed by atoms with van der Waals surface area (Å²) >= 11 is 5.93. The van der Waals surface area contributed by atoms with Crippen LogP contribution in [0.3, 0.4) is 0 Å². The van der Waals surface area contributed by atoms with Gasteiger partial charge in [0.15, 0.2) is 0 Å². The van der Waals surface area contributed by atoms with Crippen molar-refractivity contribution in [3.8, 4) is 0 Å². The number of esters is 1. The van der Waals surface area contributed by atoms with Crippen molar-refractivity contribution in [2.45, 2.75) is 13.0 Å². The number of allylic oxidation sites excluding steroid dienone is 2. The first-order chi connectivity index (χ1) is 14.0. The van der Waals surface area contributed by atoms with E-state index in [1.807, 2.05) is 6.07 Å². The molecule has 146 valence electrons. The first kappa shape index (κ1) is 18.1. The molecule has 2 aromatic rings. The van der Waals surface area contributed by atoms with E-state index in [1.54, 1.807) is 42.5 Å². The molecule has 0 radical (unpaired) electrons. The third kappa shape index (κ3) is 2.97. The Morgan fingerprint density at radius 2 is 1.66 bits per heavy atom. The van der Waals surface area contributed by atoms with E-state index in [0.29, 0.717) is 16.3 Å². The van der Waals surface area contributed by atoms with Gasteiger partial charge in [-0.15, -0.1) is 0 Å². The number of imide groups is 1. The molecule has 1 saturated carbocycles. The number of benzene rings is 2. The van der Waals surface area contributed by atoms with Crippen LogP contribution in [0.4, 0.5) is 5.69 Å². The Morgan fingerprint density at radius 1 is 1.00 bits per heavy atom. The molecule has 2 bridgehead atoms. The highest BCUT2D eigenvalue weighted by molar-refractivity contribution is 6.30. The molecule has 0 spiro atoms. The first-order valence-electron chi connectivity index (χ1n) is 9.61. The molecule has 6 heteroatoms. The fourth-order valence-corrected chi connectivity index (χ4v) is 4.98. The minimum Gasteiger partial charge on any atom is -0.457 e. The zero-order valence-corrected chi connectivity index (χ0v) is 16.2. The maximum absolute atomic E-state index is 12.9. The van der Waals surface area contributed by atoms with E-state index in [0.717, 1.165) is 12.0 Å². The van der Waals surface area contributed by atoms with Gasteiger partial charge in [-0.2, -0.15) is 0 Å². The van der Waals surface area contributed by atoms with Crippen molar-refractivity contribution in [3.05, 3.63) is 76.8 Å². The van der Waals surface area contributed by atoms with E-state index in [1.165, 1.54) is 4.90 Å². The molecule has 0 N–H and O–H groups in total. The quantitative estimate of drug-likeness (QED) is 0.436. The average Bonchev–Trinajstić information content (AvgIpc) is 3.40. The third-order valence-electron chi connectivity index (χ3n) is 6.09. The van der Waals surface area contributed by atoms with Crippen LogP contribution in [0.25, 0.3) is 0 Å². The number of fused-ring (bicyclic) bond motifs is 5. The predicted molar refractivity (Wildman–Crippen MR) is 107 cm³/mol. The van der Waals surface area contributed by atoms with Crippen LogP contribution in [0.2, 0.25) is 5.02 Å². The van der Waals surface area contributed by atoms with Crippen molar-refractivity contribution in [2.75, 3.05) is 4.90 Å². The van der Waals surface area contributed by atoms with E-state index < -0.39 is 5.97 Å². The highest BCUT2D eigenvalue weighted by Crippen LogP contribution is 2.53. The first-order valence-corrected chi connectivity index (χ1v) is 9.98. The second kappa shape index (κ2) is 6.85. The van der Waals surface area contributed by atoms with Gasteiger partial charge in [-0.3, -0.25) is 14.5 Å². The number of ether oxygens (including phenoxy) is 1. The molecular formula is C23H18ClNO4. The summed E-state index contributed by atoms with van der Waals surface area (Å²) in [6.45, 7) is 0.114. The summed E-state index contributed by atoms with van der Waals surface area (Å²) in [5.41, 5.74) is 1.66. The molecule has 1 saturated heterocycles. The van der Waals surface area contributed by atoms with Crippen molar-refractivity contribution in [2.24, 2.45) is 23.7 Å². The zero-order chi connectivity index (χ0) is 20.1. The molecule has 29 heavy (non-hydrogen) atoms. The number of hydrogen-bond donors (Lipinski definition) is 0. The molecule has 2 amide bonds. The van der Waals surface area contributed by atoms with Gasteiger partial charge in [-0.1, -0.05) is 35.9 Å². The van der Waals surface area contributed by atoms with Crippen LogP contribution in [-0.4, -0.2) is 17.8 Å². The predicted octanol–water partition coefficient (Wildman–Crippen LogP) is 4.01.